The third kappa shape index (κ3) is 5.88. The molecule has 4 rings (SSSR count). The molecule has 7 nitrogen and oxygen atoms in total. The highest BCUT2D eigenvalue weighted by Gasteiger charge is 2.27. The second-order valence-electron chi connectivity index (χ2n) is 7.65. The molecule has 3 aromatic rings. The lowest BCUT2D eigenvalue weighted by Crippen LogP contribution is -2.40. The van der Waals surface area contributed by atoms with E-state index >= 15 is 0 Å². The SMILES string of the molecule is O=C(CS(=O)(=O)c1ccc(F)cc1)N(CCCN1CCOCC1)c1nc2c(Cl)cccc2s1. The summed E-state index contributed by atoms with van der Waals surface area (Å²) < 4.78 is 45.0. The Morgan fingerprint density at radius 1 is 1.18 bits per heavy atom. The van der Waals surface area contributed by atoms with Gasteiger partial charge in [-0.15, -0.1) is 0 Å². The number of rotatable bonds is 8. The highest BCUT2D eigenvalue weighted by atomic mass is 35.5. The molecule has 1 fully saturated rings. The number of carbonyl (C=O) groups excluding carboxylic acids is 1. The number of carbonyl (C=O) groups is 1. The quantitative estimate of drug-likeness (QED) is 0.430. The number of aromatic nitrogens is 1. The summed E-state index contributed by atoms with van der Waals surface area (Å²) in [5.74, 6) is -1.87. The fraction of sp³-hybridized carbons (Fsp3) is 0.364. The Kier molecular flexibility index (Phi) is 7.60. The van der Waals surface area contributed by atoms with Crippen LogP contribution in [0.5, 0.6) is 0 Å². The van der Waals surface area contributed by atoms with Crippen molar-refractivity contribution >= 4 is 54.0 Å². The number of para-hydroxylation sites is 1. The number of hydrogen-bond donors (Lipinski definition) is 0. The fourth-order valence-corrected chi connectivity index (χ4v) is 6.10. The summed E-state index contributed by atoms with van der Waals surface area (Å²) in [5, 5.41) is 0.869. The first kappa shape index (κ1) is 24.0. The number of nitrogens with zero attached hydrogens (tertiary/aromatic N) is 3. The van der Waals surface area contributed by atoms with Gasteiger partial charge in [-0.2, -0.15) is 0 Å². The van der Waals surface area contributed by atoms with Crippen molar-refractivity contribution in [3.63, 3.8) is 0 Å². The van der Waals surface area contributed by atoms with E-state index in [1.54, 1.807) is 12.1 Å². The minimum atomic E-state index is -3.95. The van der Waals surface area contributed by atoms with Crippen LogP contribution in [0.2, 0.25) is 5.02 Å². The maximum Gasteiger partial charge on any atom is 0.244 e. The molecule has 1 saturated heterocycles. The van der Waals surface area contributed by atoms with Crippen LogP contribution in [0.15, 0.2) is 47.4 Å². The van der Waals surface area contributed by atoms with Crippen LogP contribution in [-0.2, 0) is 19.4 Å². The molecule has 176 valence electrons. The lowest BCUT2D eigenvalue weighted by Gasteiger charge is -2.27. The monoisotopic (exact) mass is 511 g/mol. The maximum absolute atomic E-state index is 13.2. The Hall–Kier alpha value is -2.11. The molecule has 1 aliphatic rings. The molecule has 2 aromatic carbocycles. The molecule has 0 bridgehead atoms. The molecular weight excluding hydrogens is 489 g/mol. The van der Waals surface area contributed by atoms with E-state index in [9.17, 15) is 17.6 Å². The first-order valence-electron chi connectivity index (χ1n) is 10.5. The maximum atomic E-state index is 13.2. The van der Waals surface area contributed by atoms with Crippen molar-refractivity contribution in [1.82, 2.24) is 9.88 Å². The van der Waals surface area contributed by atoms with Crippen LogP contribution in [0, 0.1) is 5.82 Å². The fourth-order valence-electron chi connectivity index (χ4n) is 3.59. The molecule has 0 aliphatic carbocycles. The zero-order valence-corrected chi connectivity index (χ0v) is 20.1. The van der Waals surface area contributed by atoms with Crippen molar-refractivity contribution < 1.29 is 22.3 Å². The van der Waals surface area contributed by atoms with Crippen LogP contribution in [0.25, 0.3) is 10.2 Å². The topological polar surface area (TPSA) is 79.8 Å². The second-order valence-corrected chi connectivity index (χ2v) is 11.1. The van der Waals surface area contributed by atoms with Gasteiger partial charge in [0.25, 0.3) is 0 Å². The number of sulfone groups is 1. The van der Waals surface area contributed by atoms with Gasteiger partial charge in [0.15, 0.2) is 15.0 Å². The van der Waals surface area contributed by atoms with Gasteiger partial charge in [0.05, 0.1) is 27.8 Å². The number of halogens is 2. The molecule has 0 spiro atoms. The van der Waals surface area contributed by atoms with Crippen molar-refractivity contribution in [2.24, 2.45) is 0 Å². The molecule has 11 heteroatoms. The Morgan fingerprint density at radius 2 is 1.91 bits per heavy atom. The molecule has 33 heavy (non-hydrogen) atoms. The standard InChI is InChI=1S/C22H23ClFN3O4S2/c23-18-3-1-4-19-21(18)25-22(32-19)27(10-2-9-26-11-13-31-14-12-26)20(28)15-33(29,30)17-7-5-16(24)6-8-17/h1,3-8H,2,9-15H2. The van der Waals surface area contributed by atoms with Gasteiger partial charge in [-0.1, -0.05) is 29.0 Å². The highest BCUT2D eigenvalue weighted by molar-refractivity contribution is 7.92. The summed E-state index contributed by atoms with van der Waals surface area (Å²) in [6.45, 7) is 4.06. The molecule has 2 heterocycles. The number of ether oxygens (including phenoxy) is 1. The van der Waals surface area contributed by atoms with E-state index in [2.05, 4.69) is 9.88 Å². The summed E-state index contributed by atoms with van der Waals surface area (Å²) in [5.41, 5.74) is 0.575. The average Bonchev–Trinajstić information content (AvgIpc) is 3.22. The number of fused-ring (bicyclic) bond motifs is 1. The Balaban J connectivity index is 1.55. The van der Waals surface area contributed by atoms with Crippen LogP contribution >= 0.6 is 22.9 Å². The first-order valence-corrected chi connectivity index (χ1v) is 13.3. The first-order chi connectivity index (χ1) is 15.8. The molecule has 1 amide bonds. The van der Waals surface area contributed by atoms with Gasteiger partial charge in [0.2, 0.25) is 5.91 Å². The number of anilines is 1. The highest BCUT2D eigenvalue weighted by Crippen LogP contribution is 2.33. The Labute approximate surface area is 200 Å². The summed E-state index contributed by atoms with van der Waals surface area (Å²) in [7, 11) is -3.95. The van der Waals surface area contributed by atoms with Crippen molar-refractivity contribution in [3.8, 4) is 0 Å². The number of amides is 1. The lowest BCUT2D eigenvalue weighted by atomic mass is 10.3. The molecule has 1 aliphatic heterocycles. The van der Waals surface area contributed by atoms with E-state index in [0.717, 1.165) is 48.6 Å². The van der Waals surface area contributed by atoms with E-state index in [1.807, 2.05) is 6.07 Å². The third-order valence-electron chi connectivity index (χ3n) is 5.34. The molecule has 0 atom stereocenters. The van der Waals surface area contributed by atoms with E-state index in [-0.39, 0.29) is 4.90 Å². The number of morpholine rings is 1. The van der Waals surface area contributed by atoms with Crippen molar-refractivity contribution in [2.75, 3.05) is 50.0 Å². The van der Waals surface area contributed by atoms with Crippen molar-refractivity contribution in [3.05, 3.63) is 53.3 Å². The third-order valence-corrected chi connectivity index (χ3v) is 8.30. The van der Waals surface area contributed by atoms with Gasteiger partial charge in [0.1, 0.15) is 17.1 Å². The van der Waals surface area contributed by atoms with E-state index < -0.39 is 27.3 Å². The van der Waals surface area contributed by atoms with E-state index in [0.29, 0.717) is 41.9 Å². The molecule has 0 radical (unpaired) electrons. The normalized spacial score (nSPS) is 15.1. The average molecular weight is 512 g/mol. The van der Waals surface area contributed by atoms with Gasteiger partial charge >= 0.3 is 0 Å². The lowest BCUT2D eigenvalue weighted by molar-refractivity contribution is -0.116. The van der Waals surface area contributed by atoms with Crippen LogP contribution < -0.4 is 4.90 Å². The largest absolute Gasteiger partial charge is 0.379 e. The zero-order chi connectivity index (χ0) is 23.4. The minimum absolute atomic E-state index is 0.0992. The number of benzene rings is 2. The van der Waals surface area contributed by atoms with Gasteiger partial charge in [-0.05, 0) is 42.8 Å². The second kappa shape index (κ2) is 10.4. The van der Waals surface area contributed by atoms with Crippen LogP contribution in [0.3, 0.4) is 0 Å². The Bertz CT molecular complexity index is 1230. The van der Waals surface area contributed by atoms with Gasteiger partial charge < -0.3 is 4.74 Å². The minimum Gasteiger partial charge on any atom is -0.379 e. The van der Waals surface area contributed by atoms with E-state index in [4.69, 9.17) is 16.3 Å². The van der Waals surface area contributed by atoms with Gasteiger partial charge in [-0.25, -0.2) is 17.8 Å². The van der Waals surface area contributed by atoms with Crippen LogP contribution in [0.1, 0.15) is 6.42 Å². The molecular formula is C22H23ClFN3O4S2. The molecule has 0 saturated carbocycles. The predicted molar refractivity (Wildman–Crippen MR) is 127 cm³/mol. The van der Waals surface area contributed by atoms with Gasteiger partial charge in [0, 0.05) is 26.2 Å². The predicted octanol–water partition coefficient (Wildman–Crippen LogP) is 3.62. The summed E-state index contributed by atoms with van der Waals surface area (Å²) in [6.07, 6.45) is 0.645. The zero-order valence-electron chi connectivity index (χ0n) is 17.7. The Morgan fingerprint density at radius 3 is 2.61 bits per heavy atom. The van der Waals surface area contributed by atoms with Crippen molar-refractivity contribution in [2.45, 2.75) is 11.3 Å². The molecule has 0 N–H and O–H groups in total. The summed E-state index contributed by atoms with van der Waals surface area (Å²) >= 11 is 7.54. The molecule has 0 unspecified atom stereocenters. The number of thiazole rings is 1. The summed E-state index contributed by atoms with van der Waals surface area (Å²) in [6, 6.07) is 9.83. The smallest absolute Gasteiger partial charge is 0.244 e. The van der Waals surface area contributed by atoms with E-state index in [1.165, 1.54) is 16.2 Å². The number of hydrogen-bond acceptors (Lipinski definition) is 7. The molecule has 1 aromatic heterocycles. The van der Waals surface area contributed by atoms with Crippen molar-refractivity contribution in [1.29, 1.82) is 0 Å². The van der Waals surface area contributed by atoms with Gasteiger partial charge in [-0.3, -0.25) is 14.6 Å². The van der Waals surface area contributed by atoms with Crippen LogP contribution in [0.4, 0.5) is 9.52 Å². The van der Waals surface area contributed by atoms with Crippen LogP contribution in [-0.4, -0.2) is 69.4 Å². The summed E-state index contributed by atoms with van der Waals surface area (Å²) in [4.78, 5) is 21.3.